The Balaban J connectivity index is 0.000000585. The van der Waals surface area contributed by atoms with Gasteiger partial charge in [-0.15, -0.1) is 0 Å². The van der Waals surface area contributed by atoms with E-state index in [9.17, 15) is 4.79 Å². The maximum Gasteiger partial charge on any atom is 0.134 e. The van der Waals surface area contributed by atoms with Gasteiger partial charge in [0.25, 0.3) is 0 Å². The van der Waals surface area contributed by atoms with Gasteiger partial charge in [-0.2, -0.15) is 0 Å². The van der Waals surface area contributed by atoms with Crippen LogP contribution < -0.4 is 0 Å². The van der Waals surface area contributed by atoms with E-state index in [1.165, 1.54) is 83.5 Å². The van der Waals surface area contributed by atoms with Crippen LogP contribution >= 0.6 is 0 Å². The van der Waals surface area contributed by atoms with E-state index < -0.39 is 0 Å². The van der Waals surface area contributed by atoms with Crippen LogP contribution in [-0.4, -0.2) is 5.78 Å². The molecular formula is C108H124O. The van der Waals surface area contributed by atoms with E-state index in [2.05, 4.69) is 267 Å². The molecular weight excluding hydrogens is 1310 g/mol. The van der Waals surface area contributed by atoms with Crippen LogP contribution in [-0.2, 0) is 11.2 Å². The van der Waals surface area contributed by atoms with Crippen LogP contribution in [0.4, 0.5) is 0 Å². The smallest absolute Gasteiger partial charge is 0.134 e. The van der Waals surface area contributed by atoms with Crippen molar-refractivity contribution in [2.24, 2.45) is 0 Å². The normalized spacial score (nSPS) is 8.81. The first-order valence-corrected chi connectivity index (χ1v) is 37.5. The molecule has 1 heteroatoms. The fourth-order valence-corrected chi connectivity index (χ4v) is 8.47. The number of carbonyl (C=O) groups is 1. The molecule has 0 heterocycles. The van der Waals surface area contributed by atoms with E-state index in [1.807, 2.05) is 286 Å². The van der Waals surface area contributed by atoms with Crippen molar-refractivity contribution in [3.8, 4) is 0 Å². The largest absolute Gasteiger partial charge is 0.300 e. The molecule has 0 saturated carbocycles. The van der Waals surface area contributed by atoms with Crippen LogP contribution in [0.3, 0.4) is 0 Å². The van der Waals surface area contributed by atoms with E-state index >= 15 is 0 Å². The summed E-state index contributed by atoms with van der Waals surface area (Å²) >= 11 is 0. The van der Waals surface area contributed by atoms with Crippen molar-refractivity contribution in [3.63, 3.8) is 0 Å². The summed E-state index contributed by atoms with van der Waals surface area (Å²) in [5, 5.41) is 0. The summed E-state index contributed by atoms with van der Waals surface area (Å²) in [6, 6.07) is 152. The lowest BCUT2D eigenvalue weighted by molar-refractivity contribution is -0.116. The zero-order valence-corrected chi connectivity index (χ0v) is 68.3. The lowest BCUT2D eigenvalue weighted by Crippen LogP contribution is -1.95. The molecule has 0 fully saturated rings. The number of hydrogen-bond donors (Lipinski definition) is 0. The summed E-state index contributed by atoms with van der Waals surface area (Å²) in [5.41, 5.74) is 20.8. The van der Waals surface area contributed by atoms with Gasteiger partial charge >= 0.3 is 0 Å². The first-order chi connectivity index (χ1) is 52.7. The average molecular weight is 1440 g/mol. The maximum atomic E-state index is 10.7. The fraction of sp³-hybridized carbons (Fsp3) is 0.157. The Kier molecular flexibility index (Phi) is 58.1. The summed E-state index contributed by atoms with van der Waals surface area (Å²) in [4.78, 5) is 10.7. The van der Waals surface area contributed by atoms with Gasteiger partial charge in [-0.1, -0.05) is 532 Å². The van der Waals surface area contributed by atoms with E-state index in [0.29, 0.717) is 6.42 Å². The van der Waals surface area contributed by atoms with Gasteiger partial charge in [0.2, 0.25) is 0 Å². The molecule has 0 amide bonds. The zero-order valence-electron chi connectivity index (χ0n) is 68.3. The third-order valence-electron chi connectivity index (χ3n) is 14.7. The number of aryl methyl sites for hydroxylation is 15. The Morgan fingerprint density at radius 1 is 0.138 bits per heavy atom. The first-order valence-electron chi connectivity index (χ1n) is 37.5. The standard InChI is InChI=1S/C10H12O.14C7H8/c1-8-3-5-10(6-4-8)7-9(2)11;14*1-7-5-3-2-4-6-7/h3-6H,7H2,1-2H3;14*2-6H,1H3. The number of hydrogen-bond acceptors (Lipinski definition) is 1. The van der Waals surface area contributed by atoms with Gasteiger partial charge in [0.15, 0.2) is 0 Å². The van der Waals surface area contributed by atoms with Gasteiger partial charge in [-0.3, -0.25) is 4.79 Å². The molecule has 15 aromatic rings. The van der Waals surface area contributed by atoms with Gasteiger partial charge in [-0.05, 0) is 116 Å². The molecule has 1 nitrogen and oxygen atoms in total. The number of benzene rings is 15. The van der Waals surface area contributed by atoms with E-state index in [1.54, 1.807) is 6.92 Å². The molecule has 562 valence electrons. The Hall–Kier alpha value is -12.0. The van der Waals surface area contributed by atoms with E-state index in [0.717, 1.165) is 5.56 Å². The number of carbonyl (C=O) groups excluding carboxylic acids is 1. The van der Waals surface area contributed by atoms with Crippen molar-refractivity contribution in [1.29, 1.82) is 0 Å². The predicted octanol–water partition coefficient (Wildman–Crippen LogP) is 30.1. The molecule has 0 aliphatic rings. The summed E-state index contributed by atoms with van der Waals surface area (Å²) in [6.07, 6.45) is 0.556. The van der Waals surface area contributed by atoms with Crippen molar-refractivity contribution in [2.75, 3.05) is 0 Å². The topological polar surface area (TPSA) is 17.1 Å². The minimum atomic E-state index is 0.217. The van der Waals surface area contributed by atoms with Crippen LogP contribution in [0.15, 0.2) is 449 Å². The van der Waals surface area contributed by atoms with Crippen molar-refractivity contribution in [1.82, 2.24) is 0 Å². The highest BCUT2D eigenvalue weighted by atomic mass is 16.1. The summed E-state index contributed by atoms with van der Waals surface area (Å²) in [6.45, 7) is 32.8. The number of Topliss-reactive ketones (excluding diaryl/α,β-unsaturated/α-hetero) is 1. The fourth-order valence-electron chi connectivity index (χ4n) is 8.47. The molecule has 0 aliphatic heterocycles. The highest BCUT2D eigenvalue weighted by Gasteiger charge is 1.95. The lowest BCUT2D eigenvalue weighted by Gasteiger charge is -1.96. The molecule has 15 aromatic carbocycles. The summed E-state index contributed by atoms with van der Waals surface area (Å²) < 4.78 is 0. The van der Waals surface area contributed by atoms with Crippen molar-refractivity contribution < 1.29 is 4.79 Å². The monoisotopic (exact) mass is 1440 g/mol. The molecule has 0 saturated heterocycles. The molecule has 0 atom stereocenters. The quantitative estimate of drug-likeness (QED) is 0.169. The van der Waals surface area contributed by atoms with Gasteiger partial charge in [-0.25, -0.2) is 0 Å². The molecule has 0 radical (unpaired) electrons. The van der Waals surface area contributed by atoms with Gasteiger partial charge in [0.05, 0.1) is 0 Å². The van der Waals surface area contributed by atoms with Crippen molar-refractivity contribution in [3.05, 3.63) is 538 Å². The summed E-state index contributed by atoms with van der Waals surface area (Å²) in [5.74, 6) is 0.217. The maximum absolute atomic E-state index is 10.7. The molecule has 0 aromatic heterocycles. The Morgan fingerprint density at radius 3 is 0.284 bits per heavy atom. The molecule has 15 rings (SSSR count). The highest BCUT2D eigenvalue weighted by Crippen LogP contribution is 2.05. The molecule has 0 spiro atoms. The third kappa shape index (κ3) is 65.2. The molecule has 0 N–H and O–H groups in total. The molecule has 109 heavy (non-hydrogen) atoms. The summed E-state index contributed by atoms with van der Waals surface area (Å²) in [7, 11) is 0. The predicted molar refractivity (Wildman–Crippen MR) is 482 cm³/mol. The lowest BCUT2D eigenvalue weighted by atomic mass is 10.1. The molecule has 0 bridgehead atoms. The number of ketones is 1. The molecule has 0 unspecified atom stereocenters. The Bertz CT molecular complexity index is 3340. The van der Waals surface area contributed by atoms with Crippen LogP contribution in [0.5, 0.6) is 0 Å². The van der Waals surface area contributed by atoms with Crippen molar-refractivity contribution in [2.45, 2.75) is 117 Å². The van der Waals surface area contributed by atoms with Crippen LogP contribution in [0.25, 0.3) is 0 Å². The molecule has 0 aliphatic carbocycles. The van der Waals surface area contributed by atoms with Crippen molar-refractivity contribution >= 4 is 5.78 Å². The number of rotatable bonds is 2. The SMILES string of the molecule is CC(=O)Cc1ccc(C)cc1.Cc1ccccc1.Cc1ccccc1.Cc1ccccc1.Cc1ccccc1.Cc1ccccc1.Cc1ccccc1.Cc1ccccc1.Cc1ccccc1.Cc1ccccc1.Cc1ccccc1.Cc1ccccc1.Cc1ccccc1.Cc1ccccc1.Cc1ccccc1. The Labute approximate surface area is 661 Å². The van der Waals surface area contributed by atoms with Crippen LogP contribution in [0, 0.1) is 104 Å². The Morgan fingerprint density at radius 2 is 0.220 bits per heavy atom. The third-order valence-corrected chi connectivity index (χ3v) is 14.7. The van der Waals surface area contributed by atoms with Crippen LogP contribution in [0.2, 0.25) is 0 Å². The highest BCUT2D eigenvalue weighted by molar-refractivity contribution is 5.78. The second kappa shape index (κ2) is 66.6. The van der Waals surface area contributed by atoms with Crippen LogP contribution in [0.1, 0.15) is 95.9 Å². The van der Waals surface area contributed by atoms with Gasteiger partial charge in [0.1, 0.15) is 5.78 Å². The van der Waals surface area contributed by atoms with Gasteiger partial charge < -0.3 is 0 Å². The minimum absolute atomic E-state index is 0.217. The van der Waals surface area contributed by atoms with E-state index in [-0.39, 0.29) is 5.78 Å². The first kappa shape index (κ1) is 95.0. The van der Waals surface area contributed by atoms with E-state index in [4.69, 9.17) is 0 Å². The second-order valence-electron chi connectivity index (χ2n) is 26.0. The minimum Gasteiger partial charge on any atom is -0.300 e. The average Bonchev–Trinajstić information content (AvgIpc) is 0.944. The second-order valence-corrected chi connectivity index (χ2v) is 26.0. The van der Waals surface area contributed by atoms with Gasteiger partial charge in [0, 0.05) is 6.42 Å². The zero-order chi connectivity index (χ0) is 79.8.